The van der Waals surface area contributed by atoms with Gasteiger partial charge in [-0.1, -0.05) is 13.3 Å². The predicted molar refractivity (Wildman–Crippen MR) is 86.2 cm³/mol. The summed E-state index contributed by atoms with van der Waals surface area (Å²) in [5.41, 5.74) is 0.0189. The normalized spacial score (nSPS) is 12.2. The van der Waals surface area contributed by atoms with Gasteiger partial charge in [-0.25, -0.2) is 0 Å². The van der Waals surface area contributed by atoms with Crippen molar-refractivity contribution in [3.8, 4) is 5.75 Å². The van der Waals surface area contributed by atoms with E-state index in [9.17, 15) is 10.1 Å². The summed E-state index contributed by atoms with van der Waals surface area (Å²) in [5.74, 6) is 1.73. The Balaban J connectivity index is 2.81. The van der Waals surface area contributed by atoms with Gasteiger partial charge in [-0.15, -0.1) is 0 Å². The standard InChI is InChI=1S/C12H15Br2NO3S/c1-2-3-8(7-19)6-18-12-10(13)4-9(15(16)17)5-11(12)14/h4-5,8,19H,2-3,6-7H2,1H3. The summed E-state index contributed by atoms with van der Waals surface area (Å²) in [6, 6.07) is 2.88. The summed E-state index contributed by atoms with van der Waals surface area (Å²) in [7, 11) is 0. The van der Waals surface area contributed by atoms with Gasteiger partial charge < -0.3 is 4.74 Å². The van der Waals surface area contributed by atoms with E-state index in [4.69, 9.17) is 4.74 Å². The van der Waals surface area contributed by atoms with E-state index < -0.39 is 4.92 Å². The molecule has 0 aliphatic carbocycles. The van der Waals surface area contributed by atoms with Crippen LogP contribution >= 0.6 is 44.5 Å². The van der Waals surface area contributed by atoms with Gasteiger partial charge in [-0.05, 0) is 44.0 Å². The number of hydrogen-bond acceptors (Lipinski definition) is 4. The largest absolute Gasteiger partial charge is 0.491 e. The topological polar surface area (TPSA) is 52.4 Å². The zero-order chi connectivity index (χ0) is 14.4. The molecule has 0 heterocycles. The van der Waals surface area contributed by atoms with Crippen molar-refractivity contribution in [2.24, 2.45) is 5.92 Å². The maximum Gasteiger partial charge on any atom is 0.271 e. The number of nitro benzene ring substituents is 1. The molecular weight excluding hydrogens is 398 g/mol. The molecule has 0 radical (unpaired) electrons. The van der Waals surface area contributed by atoms with E-state index >= 15 is 0 Å². The van der Waals surface area contributed by atoms with Crippen molar-refractivity contribution in [2.45, 2.75) is 19.8 Å². The Morgan fingerprint density at radius 1 is 1.42 bits per heavy atom. The summed E-state index contributed by atoms with van der Waals surface area (Å²) in [6.07, 6.45) is 2.13. The average Bonchev–Trinajstić information content (AvgIpc) is 2.36. The lowest BCUT2D eigenvalue weighted by atomic mass is 10.1. The highest BCUT2D eigenvalue weighted by Crippen LogP contribution is 2.37. The van der Waals surface area contributed by atoms with E-state index in [0.29, 0.717) is 27.2 Å². The molecule has 1 atom stereocenters. The first-order chi connectivity index (χ1) is 8.99. The molecule has 4 nitrogen and oxygen atoms in total. The fraction of sp³-hybridized carbons (Fsp3) is 0.500. The van der Waals surface area contributed by atoms with Gasteiger partial charge >= 0.3 is 0 Å². The lowest BCUT2D eigenvalue weighted by molar-refractivity contribution is -0.385. The van der Waals surface area contributed by atoms with Crippen LogP contribution in [0.1, 0.15) is 19.8 Å². The minimum absolute atomic E-state index is 0.0189. The molecule has 1 aromatic carbocycles. The highest BCUT2D eigenvalue weighted by Gasteiger charge is 2.16. The average molecular weight is 413 g/mol. The van der Waals surface area contributed by atoms with Crippen LogP contribution in [0.15, 0.2) is 21.1 Å². The zero-order valence-electron chi connectivity index (χ0n) is 10.4. The third-order valence-corrected chi connectivity index (χ3v) is 4.31. The Kier molecular flexibility index (Phi) is 7.17. The van der Waals surface area contributed by atoms with E-state index in [1.807, 2.05) is 0 Å². The van der Waals surface area contributed by atoms with Crippen LogP contribution in [0, 0.1) is 16.0 Å². The van der Waals surface area contributed by atoms with Crippen LogP contribution in [0.5, 0.6) is 5.75 Å². The van der Waals surface area contributed by atoms with Crippen molar-refractivity contribution in [2.75, 3.05) is 12.4 Å². The second-order valence-electron chi connectivity index (χ2n) is 4.14. The van der Waals surface area contributed by atoms with Crippen molar-refractivity contribution in [3.05, 3.63) is 31.2 Å². The van der Waals surface area contributed by atoms with Crippen molar-refractivity contribution in [3.63, 3.8) is 0 Å². The third kappa shape index (κ3) is 4.96. The maximum atomic E-state index is 10.7. The lowest BCUT2D eigenvalue weighted by Crippen LogP contribution is -2.14. The summed E-state index contributed by atoms with van der Waals surface area (Å²) in [4.78, 5) is 10.3. The van der Waals surface area contributed by atoms with Gasteiger partial charge in [0.2, 0.25) is 0 Å². The molecule has 106 valence electrons. The molecule has 0 aromatic heterocycles. The molecule has 0 aliphatic heterocycles. The monoisotopic (exact) mass is 411 g/mol. The zero-order valence-corrected chi connectivity index (χ0v) is 14.5. The fourth-order valence-corrected chi connectivity index (χ4v) is 3.31. The molecule has 0 spiro atoms. The van der Waals surface area contributed by atoms with Crippen LogP contribution in [0.2, 0.25) is 0 Å². The number of non-ortho nitro benzene ring substituents is 1. The fourth-order valence-electron chi connectivity index (χ4n) is 1.63. The van der Waals surface area contributed by atoms with Crippen LogP contribution in [0.25, 0.3) is 0 Å². The number of halogens is 2. The second kappa shape index (κ2) is 8.11. The smallest absolute Gasteiger partial charge is 0.271 e. The predicted octanol–water partition coefficient (Wildman–Crippen LogP) is 4.84. The minimum Gasteiger partial charge on any atom is -0.491 e. The van der Waals surface area contributed by atoms with Gasteiger partial charge in [0.15, 0.2) is 0 Å². The van der Waals surface area contributed by atoms with Gasteiger partial charge in [0, 0.05) is 18.1 Å². The SMILES string of the molecule is CCCC(CS)COc1c(Br)cc([N+](=O)[O-])cc1Br. The highest BCUT2D eigenvalue weighted by atomic mass is 79.9. The van der Waals surface area contributed by atoms with Gasteiger partial charge in [0.05, 0.1) is 20.5 Å². The first kappa shape index (κ1) is 16.8. The third-order valence-electron chi connectivity index (χ3n) is 2.61. The van der Waals surface area contributed by atoms with E-state index in [1.165, 1.54) is 12.1 Å². The van der Waals surface area contributed by atoms with Gasteiger partial charge in [-0.3, -0.25) is 10.1 Å². The number of hydrogen-bond donors (Lipinski definition) is 1. The number of nitrogens with zero attached hydrogens (tertiary/aromatic N) is 1. The van der Waals surface area contributed by atoms with E-state index in [1.54, 1.807) is 0 Å². The molecular formula is C12H15Br2NO3S. The molecule has 1 rings (SSSR count). The minimum atomic E-state index is -0.438. The van der Waals surface area contributed by atoms with E-state index in [2.05, 4.69) is 51.4 Å². The van der Waals surface area contributed by atoms with Crippen LogP contribution in [0.4, 0.5) is 5.69 Å². The number of nitro groups is 1. The van der Waals surface area contributed by atoms with Crippen LogP contribution < -0.4 is 4.74 Å². The van der Waals surface area contributed by atoms with Crippen molar-refractivity contribution in [1.82, 2.24) is 0 Å². The quantitative estimate of drug-likeness (QED) is 0.395. The molecule has 19 heavy (non-hydrogen) atoms. The molecule has 0 saturated heterocycles. The van der Waals surface area contributed by atoms with Crippen molar-refractivity contribution < 1.29 is 9.66 Å². The first-order valence-corrected chi connectivity index (χ1v) is 8.08. The van der Waals surface area contributed by atoms with Gasteiger partial charge in [0.1, 0.15) is 5.75 Å². The molecule has 0 amide bonds. The summed E-state index contributed by atoms with van der Waals surface area (Å²) >= 11 is 10.9. The van der Waals surface area contributed by atoms with Crippen LogP contribution in [-0.4, -0.2) is 17.3 Å². The summed E-state index contributed by atoms with van der Waals surface area (Å²) in [6.45, 7) is 2.67. The Bertz CT molecular complexity index is 434. The molecule has 7 heteroatoms. The Morgan fingerprint density at radius 2 is 2.00 bits per heavy atom. The van der Waals surface area contributed by atoms with E-state index in [-0.39, 0.29) is 5.69 Å². The molecule has 0 bridgehead atoms. The summed E-state index contributed by atoms with van der Waals surface area (Å²) in [5, 5.41) is 10.7. The molecule has 0 fully saturated rings. The Labute approximate surface area is 134 Å². The Hall–Kier alpha value is -0.270. The van der Waals surface area contributed by atoms with Crippen LogP contribution in [-0.2, 0) is 0 Å². The number of benzene rings is 1. The van der Waals surface area contributed by atoms with Crippen LogP contribution in [0.3, 0.4) is 0 Å². The lowest BCUT2D eigenvalue weighted by Gasteiger charge is -2.16. The molecule has 1 unspecified atom stereocenters. The highest BCUT2D eigenvalue weighted by molar-refractivity contribution is 9.11. The number of thiol groups is 1. The number of ether oxygens (including phenoxy) is 1. The van der Waals surface area contributed by atoms with E-state index in [0.717, 1.165) is 18.6 Å². The molecule has 0 N–H and O–H groups in total. The van der Waals surface area contributed by atoms with Gasteiger partial charge in [0.25, 0.3) is 5.69 Å². The van der Waals surface area contributed by atoms with Crippen molar-refractivity contribution >= 4 is 50.2 Å². The summed E-state index contributed by atoms with van der Waals surface area (Å²) < 4.78 is 6.89. The Morgan fingerprint density at radius 3 is 2.42 bits per heavy atom. The molecule has 1 aromatic rings. The first-order valence-electron chi connectivity index (χ1n) is 5.86. The van der Waals surface area contributed by atoms with Crippen molar-refractivity contribution in [1.29, 1.82) is 0 Å². The maximum absolute atomic E-state index is 10.7. The number of rotatable bonds is 7. The van der Waals surface area contributed by atoms with Gasteiger partial charge in [-0.2, -0.15) is 12.6 Å². The molecule has 0 saturated carbocycles. The molecule has 0 aliphatic rings. The second-order valence-corrected chi connectivity index (χ2v) is 6.22.